The van der Waals surface area contributed by atoms with Crippen LogP contribution in [0.4, 0.5) is 0 Å². The minimum Gasteiger partial charge on any atom is -0.366 e. The molecule has 2 unspecified atom stereocenters. The molecule has 3 nitrogen and oxygen atoms in total. The third kappa shape index (κ3) is 10.6. The van der Waals surface area contributed by atoms with Crippen LogP contribution < -0.4 is 0 Å². The molecule has 0 amide bonds. The SMILES string of the molecule is C=C(CC(C)N(C)C(C)=C=O)c1ccc2c(c1)-c1cc(C(=C)c3cccc4c3C=CC=CC4)ccc1C2CC.CC.CC(C)=O.CC=C(C)C. The van der Waals surface area contributed by atoms with E-state index in [4.69, 9.17) is 0 Å². The lowest BCUT2D eigenvalue weighted by Crippen LogP contribution is -2.27. The molecule has 0 bridgehead atoms. The van der Waals surface area contributed by atoms with Crippen LogP contribution >= 0.6 is 0 Å². The fourth-order valence-corrected chi connectivity index (χ4v) is 6.05. The van der Waals surface area contributed by atoms with Crippen molar-refractivity contribution in [3.05, 3.63) is 142 Å². The Balaban J connectivity index is 0.000000694. The number of ketones is 1. The lowest BCUT2D eigenvalue weighted by atomic mass is 9.89. The van der Waals surface area contributed by atoms with Gasteiger partial charge in [-0.3, -0.25) is 0 Å². The van der Waals surface area contributed by atoms with Crippen molar-refractivity contribution in [2.24, 2.45) is 0 Å². The number of Topliss-reactive ketones (excluding diaryl/α,β-unsaturated/α-hetero) is 1. The molecule has 2 aliphatic rings. The van der Waals surface area contributed by atoms with Crippen LogP contribution in [-0.2, 0) is 16.0 Å². The maximum atomic E-state index is 11.1. The predicted octanol–water partition coefficient (Wildman–Crippen LogP) is 12.4. The molecule has 3 aromatic rings. The number of hydrogen-bond acceptors (Lipinski definition) is 3. The molecule has 264 valence electrons. The van der Waals surface area contributed by atoms with E-state index >= 15 is 0 Å². The van der Waals surface area contributed by atoms with Crippen LogP contribution in [0.2, 0.25) is 0 Å². The third-order valence-electron chi connectivity index (χ3n) is 9.14. The van der Waals surface area contributed by atoms with Crippen molar-refractivity contribution in [3.8, 4) is 11.1 Å². The van der Waals surface area contributed by atoms with Gasteiger partial charge in [-0.05, 0) is 141 Å². The first-order valence-electron chi connectivity index (χ1n) is 18.0. The topological polar surface area (TPSA) is 37.4 Å². The Kier molecular flexibility index (Phi) is 16.6. The van der Waals surface area contributed by atoms with Crippen molar-refractivity contribution in [1.82, 2.24) is 4.90 Å². The van der Waals surface area contributed by atoms with Crippen molar-refractivity contribution in [3.63, 3.8) is 0 Å². The van der Waals surface area contributed by atoms with Crippen molar-refractivity contribution in [1.29, 1.82) is 0 Å². The summed E-state index contributed by atoms with van der Waals surface area (Å²) < 4.78 is 0. The molecule has 5 rings (SSSR count). The van der Waals surface area contributed by atoms with E-state index in [1.165, 1.54) is 58.4 Å². The zero-order chi connectivity index (χ0) is 37.5. The monoisotopic (exact) mass is 669 g/mol. The van der Waals surface area contributed by atoms with Crippen LogP contribution in [0.25, 0.3) is 28.3 Å². The molecule has 0 spiro atoms. The number of benzene rings is 3. The van der Waals surface area contributed by atoms with E-state index in [1.807, 2.05) is 38.7 Å². The molecule has 0 saturated heterocycles. The molecule has 3 aromatic carbocycles. The van der Waals surface area contributed by atoms with Crippen LogP contribution in [-0.4, -0.2) is 29.7 Å². The number of carbonyl (C=O) groups is 1. The summed E-state index contributed by atoms with van der Waals surface area (Å²) in [7, 11) is 1.94. The highest BCUT2D eigenvalue weighted by molar-refractivity contribution is 5.89. The van der Waals surface area contributed by atoms with Crippen LogP contribution in [0, 0.1) is 0 Å². The minimum absolute atomic E-state index is 0.156. The average Bonchev–Trinajstić information content (AvgIpc) is 3.23. The van der Waals surface area contributed by atoms with Crippen LogP contribution in [0.15, 0.2) is 103 Å². The third-order valence-corrected chi connectivity index (χ3v) is 9.14. The summed E-state index contributed by atoms with van der Waals surface area (Å²) in [5.41, 5.74) is 15.6. The Morgan fingerprint density at radius 1 is 0.940 bits per heavy atom. The molecule has 0 heterocycles. The standard InChI is InChI=1S/C37H37NO.C5H10.C3H6O.C2H6/c1-7-31-34-18-16-29(24(2)20-25(3)38(6)26(4)23-39)21-36(34)37-22-30(17-19-35(31)37)27(5)32-15-11-13-28-12-9-8-10-14-33(28)32;1-4-5(2)3;1-3(2)4;1-2/h8-11,13-19,21-22,25,31H,2,5,7,12,20H2,1,3-4,6H3;4H,1-3H3;1-2H3;1-2H3. The summed E-state index contributed by atoms with van der Waals surface area (Å²) in [6, 6.07) is 20.4. The Hall–Kier alpha value is -4.72. The normalized spacial score (nSPS) is 13.4. The molecule has 0 fully saturated rings. The number of hydrogen-bond donors (Lipinski definition) is 0. The molecule has 50 heavy (non-hydrogen) atoms. The zero-order valence-corrected chi connectivity index (χ0v) is 32.5. The number of nitrogens with zero attached hydrogens (tertiary/aromatic N) is 1. The highest BCUT2D eigenvalue weighted by atomic mass is 16.1. The maximum absolute atomic E-state index is 11.1. The second-order valence-electron chi connectivity index (χ2n) is 13.1. The highest BCUT2D eigenvalue weighted by Gasteiger charge is 2.28. The van der Waals surface area contributed by atoms with Gasteiger partial charge in [0.15, 0.2) is 0 Å². The van der Waals surface area contributed by atoms with Crippen molar-refractivity contribution >= 4 is 28.9 Å². The largest absolute Gasteiger partial charge is 0.366 e. The Morgan fingerprint density at radius 2 is 1.50 bits per heavy atom. The van der Waals surface area contributed by atoms with E-state index in [-0.39, 0.29) is 11.8 Å². The molecule has 2 atom stereocenters. The summed E-state index contributed by atoms with van der Waals surface area (Å²) >= 11 is 0. The molecule has 0 saturated carbocycles. The van der Waals surface area contributed by atoms with Gasteiger partial charge in [-0.15, -0.1) is 0 Å². The van der Waals surface area contributed by atoms with Crippen LogP contribution in [0.1, 0.15) is 127 Å². The van der Waals surface area contributed by atoms with Gasteiger partial charge in [0.2, 0.25) is 0 Å². The Labute approximate surface area is 303 Å². The summed E-state index contributed by atoms with van der Waals surface area (Å²) in [6.45, 7) is 28.4. The Morgan fingerprint density at radius 3 is 2.04 bits per heavy atom. The fraction of sp³-hybridized carbons (Fsp3) is 0.340. The average molecular weight is 670 g/mol. The van der Waals surface area contributed by atoms with Gasteiger partial charge >= 0.3 is 0 Å². The lowest BCUT2D eigenvalue weighted by Gasteiger charge is -2.26. The van der Waals surface area contributed by atoms with Gasteiger partial charge in [0.05, 0.1) is 5.70 Å². The molecule has 2 aliphatic carbocycles. The second-order valence-corrected chi connectivity index (χ2v) is 13.1. The van der Waals surface area contributed by atoms with E-state index in [1.54, 1.807) is 6.92 Å². The number of allylic oxidation sites excluding steroid dienone is 6. The first-order chi connectivity index (χ1) is 23.8. The predicted molar refractivity (Wildman–Crippen MR) is 219 cm³/mol. The molecular formula is C47H59NO2. The van der Waals surface area contributed by atoms with Crippen molar-refractivity contribution < 1.29 is 9.59 Å². The quantitative estimate of drug-likeness (QED) is 0.177. The first kappa shape index (κ1) is 41.5. The first-order valence-corrected chi connectivity index (χ1v) is 18.0. The van der Waals surface area contributed by atoms with E-state index in [2.05, 4.69) is 126 Å². The van der Waals surface area contributed by atoms with Crippen LogP contribution in [0.3, 0.4) is 0 Å². The van der Waals surface area contributed by atoms with Gasteiger partial charge in [-0.1, -0.05) is 112 Å². The lowest BCUT2D eigenvalue weighted by molar-refractivity contribution is -0.115. The molecule has 0 aromatic heterocycles. The molecule has 3 heteroatoms. The molecule has 0 N–H and O–H groups in total. The highest BCUT2D eigenvalue weighted by Crippen LogP contribution is 2.48. The summed E-state index contributed by atoms with van der Waals surface area (Å²) in [4.78, 5) is 22.5. The smallest absolute Gasteiger partial charge is 0.145 e. The number of fused-ring (bicyclic) bond motifs is 4. The van der Waals surface area contributed by atoms with Crippen molar-refractivity contribution in [2.75, 3.05) is 7.05 Å². The van der Waals surface area contributed by atoms with E-state index in [9.17, 15) is 9.59 Å². The van der Waals surface area contributed by atoms with Gasteiger partial charge < -0.3 is 9.69 Å². The van der Waals surface area contributed by atoms with E-state index in [0.29, 0.717) is 11.6 Å². The second kappa shape index (κ2) is 20.1. The van der Waals surface area contributed by atoms with E-state index < -0.39 is 0 Å². The van der Waals surface area contributed by atoms with Gasteiger partial charge in [0.25, 0.3) is 0 Å². The summed E-state index contributed by atoms with van der Waals surface area (Å²) in [5.74, 6) is 2.57. The number of carbonyl (C=O) groups excluding carboxylic acids is 2. The summed E-state index contributed by atoms with van der Waals surface area (Å²) in [5, 5.41) is 0. The van der Waals surface area contributed by atoms with Gasteiger partial charge in [0.1, 0.15) is 11.7 Å². The van der Waals surface area contributed by atoms with Gasteiger partial charge in [-0.2, -0.15) is 0 Å². The zero-order valence-electron chi connectivity index (χ0n) is 32.5. The summed E-state index contributed by atoms with van der Waals surface area (Å²) in [6.07, 6.45) is 13.5. The van der Waals surface area contributed by atoms with Crippen molar-refractivity contribution in [2.45, 2.75) is 100 Å². The minimum atomic E-state index is 0.156. The molecule has 0 aliphatic heterocycles. The number of rotatable bonds is 8. The molecular weight excluding hydrogens is 611 g/mol. The van der Waals surface area contributed by atoms with Gasteiger partial charge in [-0.25, -0.2) is 4.79 Å². The maximum Gasteiger partial charge on any atom is 0.145 e. The Bertz CT molecular complexity index is 1800. The van der Waals surface area contributed by atoms with Crippen LogP contribution in [0.5, 0.6) is 0 Å². The van der Waals surface area contributed by atoms with E-state index in [0.717, 1.165) is 41.5 Å². The van der Waals surface area contributed by atoms with Gasteiger partial charge in [0, 0.05) is 19.0 Å². The molecule has 0 radical (unpaired) electrons. The fourth-order valence-electron chi connectivity index (χ4n) is 6.05.